The van der Waals surface area contributed by atoms with Crippen LogP contribution >= 0.6 is 23.2 Å². The molecule has 0 unspecified atom stereocenters. The van der Waals surface area contributed by atoms with Crippen LogP contribution in [0.2, 0.25) is 10.0 Å². The molecule has 0 aromatic heterocycles. The standard InChI is InChI=1S/C14H15Cl2NO2/c1-14(8-19-9-14)7-17-13(18)5-2-10-6-11(15)3-4-12(10)16/h2-6H,7-9H2,1H3,(H,17,18). The van der Waals surface area contributed by atoms with Crippen molar-refractivity contribution >= 4 is 35.2 Å². The molecule has 1 fully saturated rings. The first-order chi connectivity index (χ1) is 8.98. The van der Waals surface area contributed by atoms with Crippen molar-refractivity contribution in [1.29, 1.82) is 0 Å². The Hall–Kier alpha value is -1.03. The molecule has 0 aliphatic carbocycles. The van der Waals surface area contributed by atoms with Crippen LogP contribution in [0, 0.1) is 5.41 Å². The van der Waals surface area contributed by atoms with E-state index in [9.17, 15) is 4.79 Å². The molecule has 102 valence electrons. The molecule has 1 N–H and O–H groups in total. The highest BCUT2D eigenvalue weighted by atomic mass is 35.5. The Morgan fingerprint density at radius 3 is 2.84 bits per heavy atom. The van der Waals surface area contributed by atoms with Gasteiger partial charge in [0.05, 0.1) is 13.2 Å². The fourth-order valence-corrected chi connectivity index (χ4v) is 2.08. The first-order valence-corrected chi connectivity index (χ1v) is 6.73. The van der Waals surface area contributed by atoms with E-state index in [0.717, 1.165) is 5.56 Å². The zero-order valence-electron chi connectivity index (χ0n) is 10.6. The minimum atomic E-state index is -0.149. The maximum atomic E-state index is 11.7. The summed E-state index contributed by atoms with van der Waals surface area (Å²) in [4.78, 5) is 11.7. The molecule has 19 heavy (non-hydrogen) atoms. The number of hydrogen-bond donors (Lipinski definition) is 1. The van der Waals surface area contributed by atoms with Crippen molar-refractivity contribution in [3.05, 3.63) is 39.9 Å². The molecule has 1 aromatic rings. The Labute approximate surface area is 122 Å². The van der Waals surface area contributed by atoms with Crippen LogP contribution in [-0.4, -0.2) is 25.7 Å². The van der Waals surface area contributed by atoms with Gasteiger partial charge in [-0.1, -0.05) is 30.1 Å². The summed E-state index contributed by atoms with van der Waals surface area (Å²) >= 11 is 11.9. The molecule has 1 heterocycles. The monoisotopic (exact) mass is 299 g/mol. The normalized spacial score (nSPS) is 17.2. The summed E-state index contributed by atoms with van der Waals surface area (Å²) in [5.74, 6) is -0.149. The molecule has 1 aliphatic heterocycles. The average molecular weight is 300 g/mol. The first kappa shape index (κ1) is 14.4. The van der Waals surface area contributed by atoms with Gasteiger partial charge in [-0.3, -0.25) is 4.79 Å². The van der Waals surface area contributed by atoms with Crippen molar-refractivity contribution in [1.82, 2.24) is 5.32 Å². The Morgan fingerprint density at radius 1 is 1.47 bits per heavy atom. The van der Waals surface area contributed by atoms with Gasteiger partial charge >= 0.3 is 0 Å². The predicted octanol–water partition coefficient (Wildman–Crippen LogP) is 3.16. The summed E-state index contributed by atoms with van der Waals surface area (Å²) in [7, 11) is 0. The summed E-state index contributed by atoms with van der Waals surface area (Å²) in [5, 5.41) is 4.00. The second-order valence-corrected chi connectivity index (χ2v) is 5.86. The molecule has 1 amide bonds. The zero-order valence-corrected chi connectivity index (χ0v) is 12.1. The van der Waals surface area contributed by atoms with Crippen molar-refractivity contribution < 1.29 is 9.53 Å². The van der Waals surface area contributed by atoms with Crippen LogP contribution in [0.4, 0.5) is 0 Å². The number of carbonyl (C=O) groups is 1. The fourth-order valence-electron chi connectivity index (χ4n) is 1.72. The Kier molecular flexibility index (Phi) is 4.50. The second kappa shape index (κ2) is 5.95. The van der Waals surface area contributed by atoms with Crippen LogP contribution < -0.4 is 5.32 Å². The Bertz CT molecular complexity index is 510. The van der Waals surface area contributed by atoms with Crippen LogP contribution in [0.1, 0.15) is 12.5 Å². The smallest absolute Gasteiger partial charge is 0.244 e. The largest absolute Gasteiger partial charge is 0.380 e. The lowest BCUT2D eigenvalue weighted by Crippen LogP contribution is -2.48. The molecule has 5 heteroatoms. The lowest BCUT2D eigenvalue weighted by Gasteiger charge is -2.37. The number of carbonyl (C=O) groups excluding carboxylic acids is 1. The number of nitrogens with one attached hydrogen (secondary N) is 1. The third kappa shape index (κ3) is 3.96. The molecular weight excluding hydrogens is 285 g/mol. The van der Waals surface area contributed by atoms with Crippen LogP contribution in [0.5, 0.6) is 0 Å². The number of ether oxygens (including phenoxy) is 1. The number of hydrogen-bond acceptors (Lipinski definition) is 2. The third-order valence-corrected chi connectivity index (χ3v) is 3.54. The molecule has 3 nitrogen and oxygen atoms in total. The molecular formula is C14H15Cl2NO2. The van der Waals surface area contributed by atoms with Gasteiger partial charge in [0.15, 0.2) is 0 Å². The molecule has 0 radical (unpaired) electrons. The van der Waals surface area contributed by atoms with Crippen LogP contribution in [0.25, 0.3) is 6.08 Å². The van der Waals surface area contributed by atoms with E-state index < -0.39 is 0 Å². The van der Waals surface area contributed by atoms with Crippen LogP contribution in [0.15, 0.2) is 24.3 Å². The highest BCUT2D eigenvalue weighted by Gasteiger charge is 2.33. The highest BCUT2D eigenvalue weighted by molar-refractivity contribution is 6.34. The van der Waals surface area contributed by atoms with E-state index in [1.165, 1.54) is 6.08 Å². The Morgan fingerprint density at radius 2 is 2.21 bits per heavy atom. The lowest BCUT2D eigenvalue weighted by molar-refractivity contribution is -0.122. The van der Waals surface area contributed by atoms with Crippen LogP contribution in [0.3, 0.4) is 0 Å². The minimum absolute atomic E-state index is 0.0667. The zero-order chi connectivity index (χ0) is 13.9. The van der Waals surface area contributed by atoms with E-state index in [2.05, 4.69) is 12.2 Å². The van der Waals surface area contributed by atoms with Gasteiger partial charge in [0.25, 0.3) is 0 Å². The predicted molar refractivity (Wildman–Crippen MR) is 77.4 cm³/mol. The summed E-state index contributed by atoms with van der Waals surface area (Å²) in [6.45, 7) is 4.07. The maximum absolute atomic E-state index is 11.7. The average Bonchev–Trinajstić information content (AvgIpc) is 2.35. The lowest BCUT2D eigenvalue weighted by atomic mass is 9.89. The van der Waals surface area contributed by atoms with Crippen molar-refractivity contribution in [2.75, 3.05) is 19.8 Å². The summed E-state index contributed by atoms with van der Waals surface area (Å²) in [6, 6.07) is 5.13. The topological polar surface area (TPSA) is 38.3 Å². The van der Waals surface area contributed by atoms with E-state index in [1.807, 2.05) is 0 Å². The van der Waals surface area contributed by atoms with Gasteiger partial charge in [-0.25, -0.2) is 0 Å². The van der Waals surface area contributed by atoms with Crippen LogP contribution in [-0.2, 0) is 9.53 Å². The van der Waals surface area contributed by atoms with E-state index in [0.29, 0.717) is 29.8 Å². The van der Waals surface area contributed by atoms with Gasteiger partial charge in [0, 0.05) is 28.1 Å². The maximum Gasteiger partial charge on any atom is 0.244 e. The van der Waals surface area contributed by atoms with E-state index >= 15 is 0 Å². The van der Waals surface area contributed by atoms with Gasteiger partial charge in [-0.15, -0.1) is 0 Å². The van der Waals surface area contributed by atoms with Gasteiger partial charge < -0.3 is 10.1 Å². The summed E-state index contributed by atoms with van der Waals surface area (Å²) < 4.78 is 5.13. The molecule has 0 bridgehead atoms. The molecule has 0 saturated carbocycles. The molecule has 2 rings (SSSR count). The molecule has 1 saturated heterocycles. The fraction of sp³-hybridized carbons (Fsp3) is 0.357. The number of rotatable bonds is 4. The first-order valence-electron chi connectivity index (χ1n) is 5.97. The summed E-state index contributed by atoms with van der Waals surface area (Å²) in [5.41, 5.74) is 0.791. The molecule has 0 atom stereocenters. The van der Waals surface area contributed by atoms with Gasteiger partial charge in [-0.05, 0) is 29.8 Å². The molecule has 1 aromatic carbocycles. The number of amides is 1. The molecule has 1 aliphatic rings. The highest BCUT2D eigenvalue weighted by Crippen LogP contribution is 2.25. The van der Waals surface area contributed by atoms with Gasteiger partial charge in [-0.2, -0.15) is 0 Å². The Balaban J connectivity index is 1.90. The minimum Gasteiger partial charge on any atom is -0.380 e. The second-order valence-electron chi connectivity index (χ2n) is 5.02. The van der Waals surface area contributed by atoms with E-state index in [1.54, 1.807) is 24.3 Å². The van der Waals surface area contributed by atoms with Gasteiger partial charge in [0.1, 0.15) is 0 Å². The SMILES string of the molecule is CC1(CNC(=O)C=Cc2cc(Cl)ccc2Cl)COC1. The number of halogens is 2. The van der Waals surface area contributed by atoms with Crippen molar-refractivity contribution in [3.8, 4) is 0 Å². The summed E-state index contributed by atoms with van der Waals surface area (Å²) in [6.07, 6.45) is 3.11. The number of benzene rings is 1. The van der Waals surface area contributed by atoms with Crippen molar-refractivity contribution in [2.45, 2.75) is 6.92 Å². The van der Waals surface area contributed by atoms with Crippen molar-refractivity contribution in [2.24, 2.45) is 5.41 Å². The van der Waals surface area contributed by atoms with E-state index in [-0.39, 0.29) is 11.3 Å². The quantitative estimate of drug-likeness (QED) is 0.867. The van der Waals surface area contributed by atoms with Crippen molar-refractivity contribution in [3.63, 3.8) is 0 Å². The third-order valence-electron chi connectivity index (χ3n) is 2.96. The molecule has 0 spiro atoms. The van der Waals surface area contributed by atoms with E-state index in [4.69, 9.17) is 27.9 Å². The van der Waals surface area contributed by atoms with Gasteiger partial charge in [0.2, 0.25) is 5.91 Å².